The Morgan fingerprint density at radius 2 is 1.44 bits per heavy atom. The first-order valence-corrected chi connectivity index (χ1v) is 9.45. The van der Waals surface area contributed by atoms with Crippen LogP contribution in [-0.4, -0.2) is 34.5 Å². The summed E-state index contributed by atoms with van der Waals surface area (Å²) in [5.41, 5.74) is 4.49. The Bertz CT molecular complexity index is 1510. The number of nitrogen functional groups attached to an aromatic ring is 1. The van der Waals surface area contributed by atoms with Crippen molar-refractivity contribution in [3.63, 3.8) is 0 Å². The molecule has 0 amide bonds. The van der Waals surface area contributed by atoms with Crippen LogP contribution >= 0.6 is 0 Å². The van der Waals surface area contributed by atoms with Crippen LogP contribution in [0.4, 0.5) is 20.4 Å². The summed E-state index contributed by atoms with van der Waals surface area (Å²) in [6, 6.07) is 8.06. The summed E-state index contributed by atoms with van der Waals surface area (Å²) in [7, 11) is 0. The molecule has 0 saturated heterocycles. The Balaban J connectivity index is 1.81. The molecule has 4 aromatic rings. The van der Waals surface area contributed by atoms with Crippen LogP contribution in [0.15, 0.2) is 36.7 Å². The minimum atomic E-state index is -0.869. The van der Waals surface area contributed by atoms with Crippen molar-refractivity contribution in [3.8, 4) is 23.5 Å². The molecule has 4 rings (SSSR count). The maximum atomic E-state index is 14.6. The van der Waals surface area contributed by atoms with Gasteiger partial charge in [0.2, 0.25) is 0 Å². The van der Waals surface area contributed by atoms with Gasteiger partial charge < -0.3 is 15.8 Å². The third kappa shape index (κ3) is 4.23. The minimum Gasteiger partial charge on any atom is -0.382 e. The number of hydrogen-bond donors (Lipinski definition) is 1. The average molecular weight is 462 g/mol. The van der Waals surface area contributed by atoms with Crippen LogP contribution < -0.4 is 5.73 Å². The number of nitro groups is 1. The van der Waals surface area contributed by atoms with Crippen molar-refractivity contribution in [1.29, 1.82) is 10.5 Å². The number of halogens is 2. The number of nitrogens with two attached hydrogens (primary N) is 1. The molecule has 0 aromatic carbocycles. The van der Waals surface area contributed by atoms with E-state index < -0.39 is 22.4 Å². The van der Waals surface area contributed by atoms with Gasteiger partial charge in [-0.15, -0.1) is 0 Å². The summed E-state index contributed by atoms with van der Waals surface area (Å²) in [5, 5.41) is 37.5. The Labute approximate surface area is 189 Å². The third-order valence-corrected chi connectivity index (χ3v) is 4.66. The molecule has 0 atom stereocenters. The van der Waals surface area contributed by atoms with Gasteiger partial charge >= 0.3 is 5.82 Å². The summed E-state index contributed by atoms with van der Waals surface area (Å²) < 4.78 is 31.7. The molecule has 4 aromatic heterocycles. The predicted octanol–water partition coefficient (Wildman–Crippen LogP) is 2.15. The quantitative estimate of drug-likeness (QED) is 0.332. The van der Waals surface area contributed by atoms with Crippen LogP contribution in [0, 0.1) is 44.4 Å². The highest BCUT2D eigenvalue weighted by Gasteiger charge is 2.22. The fraction of sp³-hybridized carbons (Fsp3) is 0.100. The van der Waals surface area contributed by atoms with E-state index in [4.69, 9.17) is 5.73 Å². The van der Waals surface area contributed by atoms with Crippen molar-refractivity contribution < 1.29 is 13.7 Å². The second-order valence-electron chi connectivity index (χ2n) is 6.92. The zero-order chi connectivity index (χ0) is 24.4. The average Bonchev–Trinajstić information content (AvgIpc) is 3.45. The van der Waals surface area contributed by atoms with Crippen LogP contribution in [0.5, 0.6) is 0 Å². The lowest BCUT2D eigenvalue weighted by Crippen LogP contribution is -2.11. The van der Waals surface area contributed by atoms with Gasteiger partial charge in [-0.25, -0.2) is 18.7 Å². The van der Waals surface area contributed by atoms with Gasteiger partial charge in [0, 0.05) is 6.20 Å². The molecule has 0 aliphatic rings. The molecule has 0 unspecified atom stereocenters. The Kier molecular flexibility index (Phi) is 5.63. The van der Waals surface area contributed by atoms with E-state index in [-0.39, 0.29) is 52.8 Å². The van der Waals surface area contributed by atoms with E-state index in [9.17, 15) is 29.4 Å². The largest absolute Gasteiger partial charge is 0.389 e. The second-order valence-corrected chi connectivity index (χ2v) is 6.92. The smallest absolute Gasteiger partial charge is 0.382 e. The highest BCUT2D eigenvalue weighted by Crippen LogP contribution is 2.27. The maximum Gasteiger partial charge on any atom is 0.389 e. The summed E-state index contributed by atoms with van der Waals surface area (Å²) in [5.74, 6) is -1.89. The molecule has 0 spiro atoms. The molecule has 0 radical (unpaired) electrons. The lowest BCUT2D eigenvalue weighted by Gasteiger charge is -2.11. The van der Waals surface area contributed by atoms with Gasteiger partial charge in [0.15, 0.2) is 0 Å². The summed E-state index contributed by atoms with van der Waals surface area (Å²) in [6.07, 6.45) is 2.77. The van der Waals surface area contributed by atoms with E-state index in [1.807, 2.05) is 0 Å². The van der Waals surface area contributed by atoms with Gasteiger partial charge in [0.25, 0.3) is 0 Å². The van der Waals surface area contributed by atoms with Crippen LogP contribution in [-0.2, 0) is 13.1 Å². The van der Waals surface area contributed by atoms with Gasteiger partial charge in [-0.2, -0.15) is 20.3 Å². The molecule has 14 heteroatoms. The predicted molar refractivity (Wildman–Crippen MR) is 111 cm³/mol. The first-order chi connectivity index (χ1) is 16.3. The van der Waals surface area contributed by atoms with Crippen LogP contribution in [0.3, 0.4) is 0 Å². The highest BCUT2D eigenvalue weighted by atomic mass is 19.1. The fourth-order valence-electron chi connectivity index (χ4n) is 3.12. The van der Waals surface area contributed by atoms with Gasteiger partial charge in [-0.1, -0.05) is 0 Å². The second kappa shape index (κ2) is 8.71. The summed E-state index contributed by atoms with van der Waals surface area (Å²) in [4.78, 5) is 18.5. The standard InChI is InChI=1S/C20H12F2N10O2/c21-13-5-11(7-23)19(26-15(13)9-30-3-1-17(25)28-30)20-12(8-24)6-14(22)16(27-20)10-31-4-2-18(29-31)32(33)34/h1-6H,9-10H2,(H2,25,28). The molecular weight excluding hydrogens is 450 g/mol. The first-order valence-electron chi connectivity index (χ1n) is 9.45. The molecule has 2 N–H and O–H groups in total. The van der Waals surface area contributed by atoms with Gasteiger partial charge in [-0.05, 0) is 23.1 Å². The van der Waals surface area contributed by atoms with Crippen molar-refractivity contribution in [2.75, 3.05) is 5.73 Å². The van der Waals surface area contributed by atoms with Crippen LogP contribution in [0.25, 0.3) is 11.4 Å². The van der Waals surface area contributed by atoms with Crippen molar-refractivity contribution >= 4 is 11.6 Å². The van der Waals surface area contributed by atoms with E-state index >= 15 is 0 Å². The number of pyridine rings is 2. The number of hydrogen-bond acceptors (Lipinski definition) is 9. The number of nitrogens with zero attached hydrogens (tertiary/aromatic N) is 9. The minimum absolute atomic E-state index is 0.114. The van der Waals surface area contributed by atoms with E-state index in [2.05, 4.69) is 20.2 Å². The molecule has 0 aliphatic carbocycles. The van der Waals surface area contributed by atoms with Gasteiger partial charge in [0.05, 0.1) is 40.7 Å². The molecule has 0 saturated carbocycles. The van der Waals surface area contributed by atoms with Crippen molar-refractivity contribution in [3.05, 3.63) is 80.9 Å². The highest BCUT2D eigenvalue weighted by molar-refractivity contribution is 5.69. The molecule has 12 nitrogen and oxygen atoms in total. The van der Waals surface area contributed by atoms with Crippen molar-refractivity contribution in [2.24, 2.45) is 0 Å². The van der Waals surface area contributed by atoms with Gasteiger partial charge in [0.1, 0.15) is 53.2 Å². The Morgan fingerprint density at radius 1 is 0.941 bits per heavy atom. The SMILES string of the molecule is N#Cc1cc(F)c(Cn2ccc(N)n2)nc1-c1nc(Cn2ccc([N+](=O)[O-])n2)c(F)cc1C#N. The van der Waals surface area contributed by atoms with E-state index in [0.717, 1.165) is 22.9 Å². The summed E-state index contributed by atoms with van der Waals surface area (Å²) >= 11 is 0. The monoisotopic (exact) mass is 462 g/mol. The van der Waals surface area contributed by atoms with Crippen molar-refractivity contribution in [1.82, 2.24) is 29.5 Å². The molecular formula is C20H12F2N10O2. The van der Waals surface area contributed by atoms with E-state index in [1.54, 1.807) is 12.1 Å². The Morgan fingerprint density at radius 3 is 1.85 bits per heavy atom. The van der Waals surface area contributed by atoms with Crippen LogP contribution in [0.1, 0.15) is 22.5 Å². The molecule has 34 heavy (non-hydrogen) atoms. The third-order valence-electron chi connectivity index (χ3n) is 4.66. The summed E-state index contributed by atoms with van der Waals surface area (Å²) in [6.45, 7) is -0.435. The topological polar surface area (TPSA) is 178 Å². The molecule has 0 aliphatic heterocycles. The zero-order valence-electron chi connectivity index (χ0n) is 17.1. The number of rotatable bonds is 6. The zero-order valence-corrected chi connectivity index (χ0v) is 17.1. The molecule has 168 valence electrons. The molecule has 0 bridgehead atoms. The van der Waals surface area contributed by atoms with Gasteiger partial charge in [-0.3, -0.25) is 4.68 Å². The fourth-order valence-corrected chi connectivity index (χ4v) is 3.12. The maximum absolute atomic E-state index is 14.6. The Hall–Kier alpha value is -5.24. The van der Waals surface area contributed by atoms with Crippen molar-refractivity contribution in [2.45, 2.75) is 13.1 Å². The van der Waals surface area contributed by atoms with Crippen LogP contribution in [0.2, 0.25) is 0 Å². The first kappa shape index (κ1) is 22.0. The molecule has 4 heterocycles. The number of anilines is 1. The normalized spacial score (nSPS) is 10.6. The van der Waals surface area contributed by atoms with E-state index in [1.165, 1.54) is 23.1 Å². The van der Waals surface area contributed by atoms with E-state index in [0.29, 0.717) is 0 Å². The number of nitriles is 2. The lowest BCUT2D eigenvalue weighted by molar-refractivity contribution is -0.389. The molecule has 0 fully saturated rings. The number of aromatic nitrogens is 6. The lowest BCUT2D eigenvalue weighted by atomic mass is 10.0.